The third kappa shape index (κ3) is 3.50. The summed E-state index contributed by atoms with van der Waals surface area (Å²) in [6.45, 7) is 0.630. The number of rotatable bonds is 5. The Bertz CT molecular complexity index is 605. The van der Waals surface area contributed by atoms with E-state index < -0.39 is 10.7 Å². The van der Waals surface area contributed by atoms with E-state index in [4.69, 9.17) is 0 Å². The van der Waals surface area contributed by atoms with E-state index in [2.05, 4.69) is 4.98 Å². The first-order valence-corrected chi connectivity index (χ1v) is 6.11. The van der Waals surface area contributed by atoms with Gasteiger partial charge in [-0.15, -0.1) is 0 Å². The summed E-state index contributed by atoms with van der Waals surface area (Å²) in [5.41, 5.74) is 1.36. The second kappa shape index (κ2) is 6.10. The number of nitro groups is 1. The Morgan fingerprint density at radius 1 is 1.30 bits per heavy atom. The summed E-state index contributed by atoms with van der Waals surface area (Å²) in [7, 11) is 1.78. The van der Waals surface area contributed by atoms with Crippen LogP contribution in [0.4, 0.5) is 15.8 Å². The molecule has 1 aromatic heterocycles. The highest BCUT2D eigenvalue weighted by Gasteiger charge is 2.12. The molecule has 0 amide bonds. The van der Waals surface area contributed by atoms with Gasteiger partial charge in [0.2, 0.25) is 0 Å². The maximum Gasteiger partial charge on any atom is 0.274 e. The van der Waals surface area contributed by atoms with E-state index in [0.717, 1.165) is 18.1 Å². The Morgan fingerprint density at radius 2 is 2.00 bits per heavy atom. The first kappa shape index (κ1) is 13.9. The van der Waals surface area contributed by atoms with Crippen molar-refractivity contribution in [3.63, 3.8) is 0 Å². The van der Waals surface area contributed by atoms with Crippen molar-refractivity contribution in [1.29, 1.82) is 0 Å². The van der Waals surface area contributed by atoms with Gasteiger partial charge < -0.3 is 4.90 Å². The van der Waals surface area contributed by atoms with E-state index in [-0.39, 0.29) is 5.69 Å². The van der Waals surface area contributed by atoms with Gasteiger partial charge in [-0.25, -0.2) is 4.39 Å². The van der Waals surface area contributed by atoms with Gasteiger partial charge in [-0.2, -0.15) is 0 Å². The fraction of sp³-hybridized carbons (Fsp3) is 0.214. The quantitative estimate of drug-likeness (QED) is 0.622. The van der Waals surface area contributed by atoms with E-state index in [0.29, 0.717) is 12.2 Å². The van der Waals surface area contributed by atoms with Crippen molar-refractivity contribution < 1.29 is 9.31 Å². The number of benzene rings is 1. The van der Waals surface area contributed by atoms with Crippen molar-refractivity contribution in [2.45, 2.75) is 6.42 Å². The maximum absolute atomic E-state index is 13.4. The minimum Gasteiger partial charge on any atom is -0.374 e. The third-order valence-electron chi connectivity index (χ3n) is 3.00. The minimum atomic E-state index is -0.607. The van der Waals surface area contributed by atoms with Gasteiger partial charge in [-0.05, 0) is 30.2 Å². The van der Waals surface area contributed by atoms with Gasteiger partial charge in [-0.3, -0.25) is 15.1 Å². The van der Waals surface area contributed by atoms with Crippen molar-refractivity contribution in [2.75, 3.05) is 18.5 Å². The average molecular weight is 275 g/mol. The molecule has 0 aliphatic carbocycles. The average Bonchev–Trinajstić information content (AvgIpc) is 2.45. The monoisotopic (exact) mass is 275 g/mol. The number of hydrogen-bond acceptors (Lipinski definition) is 4. The van der Waals surface area contributed by atoms with Crippen LogP contribution in [0.2, 0.25) is 0 Å². The molecule has 1 heterocycles. The summed E-state index contributed by atoms with van der Waals surface area (Å²) < 4.78 is 13.4. The number of halogens is 1. The van der Waals surface area contributed by atoms with Crippen LogP contribution in [0.15, 0.2) is 42.7 Å². The molecule has 0 unspecified atom stereocenters. The largest absolute Gasteiger partial charge is 0.374 e. The fourth-order valence-electron chi connectivity index (χ4n) is 1.86. The Kier molecular flexibility index (Phi) is 4.24. The van der Waals surface area contributed by atoms with Crippen LogP contribution in [0.1, 0.15) is 5.56 Å². The lowest BCUT2D eigenvalue weighted by Gasteiger charge is -2.19. The minimum absolute atomic E-state index is 0.240. The molecule has 20 heavy (non-hydrogen) atoms. The number of non-ortho nitro benzene ring substituents is 1. The van der Waals surface area contributed by atoms with E-state index in [1.54, 1.807) is 24.3 Å². The predicted octanol–water partition coefficient (Wildman–Crippen LogP) is 2.81. The van der Waals surface area contributed by atoms with Gasteiger partial charge in [0.1, 0.15) is 5.82 Å². The first-order valence-electron chi connectivity index (χ1n) is 6.11. The fourth-order valence-corrected chi connectivity index (χ4v) is 1.86. The van der Waals surface area contributed by atoms with Crippen molar-refractivity contribution >= 4 is 11.4 Å². The Labute approximate surface area is 115 Å². The molecule has 0 N–H and O–H groups in total. The predicted molar refractivity (Wildman–Crippen MR) is 74.3 cm³/mol. The Balaban J connectivity index is 2.09. The lowest BCUT2D eigenvalue weighted by atomic mass is 10.2. The SMILES string of the molecule is CN(CCc1ccncc1)c1cc(F)cc([N+](=O)[O-])c1. The topological polar surface area (TPSA) is 59.3 Å². The number of hydrogen-bond donors (Lipinski definition) is 0. The molecule has 104 valence electrons. The molecule has 5 nitrogen and oxygen atoms in total. The lowest BCUT2D eigenvalue weighted by molar-refractivity contribution is -0.385. The summed E-state index contributed by atoms with van der Waals surface area (Å²) in [5.74, 6) is -0.607. The van der Waals surface area contributed by atoms with Crippen molar-refractivity contribution in [3.05, 3.63) is 64.2 Å². The second-order valence-corrected chi connectivity index (χ2v) is 4.45. The molecule has 0 saturated heterocycles. The van der Waals surface area contributed by atoms with Crippen LogP contribution in [-0.2, 0) is 6.42 Å². The molecule has 2 aromatic rings. The Hall–Kier alpha value is -2.50. The highest BCUT2D eigenvalue weighted by Crippen LogP contribution is 2.22. The van der Waals surface area contributed by atoms with Gasteiger partial charge in [0.25, 0.3) is 5.69 Å². The van der Waals surface area contributed by atoms with Gasteiger partial charge in [-0.1, -0.05) is 0 Å². The number of nitro benzene ring substituents is 1. The number of anilines is 1. The van der Waals surface area contributed by atoms with Crippen molar-refractivity contribution in [3.8, 4) is 0 Å². The van der Waals surface area contributed by atoms with Crippen molar-refractivity contribution in [2.24, 2.45) is 0 Å². The summed E-state index contributed by atoms with van der Waals surface area (Å²) in [6, 6.07) is 7.39. The van der Waals surface area contributed by atoms with Crippen LogP contribution in [0.25, 0.3) is 0 Å². The van der Waals surface area contributed by atoms with E-state index >= 15 is 0 Å². The zero-order chi connectivity index (χ0) is 14.5. The lowest BCUT2D eigenvalue weighted by Crippen LogP contribution is -2.20. The number of pyridine rings is 1. The number of nitrogens with zero attached hydrogens (tertiary/aromatic N) is 3. The van der Waals surface area contributed by atoms with Gasteiger partial charge in [0.05, 0.1) is 11.0 Å². The highest BCUT2D eigenvalue weighted by molar-refractivity contribution is 5.53. The highest BCUT2D eigenvalue weighted by atomic mass is 19.1. The van der Waals surface area contributed by atoms with Crippen LogP contribution in [0, 0.1) is 15.9 Å². The maximum atomic E-state index is 13.4. The second-order valence-electron chi connectivity index (χ2n) is 4.45. The zero-order valence-corrected chi connectivity index (χ0v) is 11.0. The third-order valence-corrected chi connectivity index (χ3v) is 3.00. The molecule has 2 rings (SSSR count). The molecule has 0 bridgehead atoms. The molecular weight excluding hydrogens is 261 g/mol. The van der Waals surface area contributed by atoms with E-state index in [9.17, 15) is 14.5 Å². The molecule has 0 radical (unpaired) electrons. The van der Waals surface area contributed by atoms with Crippen LogP contribution in [0.3, 0.4) is 0 Å². The molecule has 0 saturated carbocycles. The summed E-state index contributed by atoms with van der Waals surface area (Å²) >= 11 is 0. The molecule has 0 fully saturated rings. The van der Waals surface area contributed by atoms with Crippen LogP contribution in [0.5, 0.6) is 0 Å². The van der Waals surface area contributed by atoms with Crippen molar-refractivity contribution in [1.82, 2.24) is 4.98 Å². The molecule has 6 heteroatoms. The van der Waals surface area contributed by atoms with Gasteiger partial charge in [0.15, 0.2) is 0 Å². The molecule has 0 atom stereocenters. The number of likely N-dealkylation sites (N-methyl/N-ethyl adjacent to an activating group) is 1. The molecule has 0 aliphatic heterocycles. The van der Waals surface area contributed by atoms with Gasteiger partial charge >= 0.3 is 0 Å². The summed E-state index contributed by atoms with van der Waals surface area (Å²) in [5, 5.41) is 10.7. The van der Waals surface area contributed by atoms with E-state index in [1.165, 1.54) is 12.1 Å². The molecule has 1 aromatic carbocycles. The Morgan fingerprint density at radius 3 is 2.65 bits per heavy atom. The van der Waals surface area contributed by atoms with E-state index in [1.807, 2.05) is 12.1 Å². The number of aromatic nitrogens is 1. The normalized spacial score (nSPS) is 10.3. The van der Waals surface area contributed by atoms with Crippen LogP contribution in [-0.4, -0.2) is 23.5 Å². The zero-order valence-electron chi connectivity index (χ0n) is 11.0. The first-order chi connectivity index (χ1) is 9.56. The standard InChI is InChI=1S/C14H14FN3O2/c1-17(7-4-11-2-5-16-6-3-11)13-8-12(15)9-14(10-13)18(19)20/h2-3,5-6,8-10H,4,7H2,1H3. The summed E-state index contributed by atoms with van der Waals surface area (Å²) in [6.07, 6.45) is 4.17. The molecule has 0 spiro atoms. The smallest absolute Gasteiger partial charge is 0.274 e. The van der Waals surface area contributed by atoms with Crippen LogP contribution >= 0.6 is 0 Å². The summed E-state index contributed by atoms with van der Waals surface area (Å²) in [4.78, 5) is 15.9. The van der Waals surface area contributed by atoms with Crippen LogP contribution < -0.4 is 4.90 Å². The molecular formula is C14H14FN3O2. The molecule has 0 aliphatic rings. The van der Waals surface area contributed by atoms with Gasteiger partial charge in [0, 0.05) is 37.7 Å².